The van der Waals surface area contributed by atoms with Crippen molar-refractivity contribution >= 4 is 27.5 Å². The van der Waals surface area contributed by atoms with E-state index in [0.29, 0.717) is 17.1 Å². The van der Waals surface area contributed by atoms with Crippen molar-refractivity contribution in [1.82, 2.24) is 10.0 Å². The molecule has 1 aromatic rings. The van der Waals surface area contributed by atoms with Crippen LogP contribution < -0.4 is 10.0 Å². The molecular weight excluding hydrogens is 276 g/mol. The second-order valence-corrected chi connectivity index (χ2v) is 6.28. The van der Waals surface area contributed by atoms with Gasteiger partial charge in [-0.2, -0.15) is 0 Å². The van der Waals surface area contributed by atoms with E-state index in [9.17, 15) is 13.2 Å². The Kier molecular flexibility index (Phi) is 3.61. The first-order valence-corrected chi connectivity index (χ1v) is 7.30. The molecule has 5 nitrogen and oxygen atoms in total. The molecule has 1 aliphatic heterocycles. The van der Waals surface area contributed by atoms with Gasteiger partial charge in [0.2, 0.25) is 15.9 Å². The lowest BCUT2D eigenvalue weighted by molar-refractivity contribution is -0.119. The van der Waals surface area contributed by atoms with Crippen molar-refractivity contribution in [3.8, 4) is 0 Å². The highest BCUT2D eigenvalue weighted by Gasteiger charge is 2.27. The Morgan fingerprint density at radius 2 is 2.17 bits per heavy atom. The van der Waals surface area contributed by atoms with Gasteiger partial charge in [-0.3, -0.25) is 4.79 Å². The van der Waals surface area contributed by atoms with E-state index in [4.69, 9.17) is 11.6 Å². The Morgan fingerprint density at radius 3 is 2.78 bits per heavy atom. The van der Waals surface area contributed by atoms with Gasteiger partial charge >= 0.3 is 0 Å². The minimum Gasteiger partial charge on any atom is -0.354 e. The molecular formula is C11H13ClN2O3S. The Morgan fingerprint density at radius 1 is 1.44 bits per heavy atom. The molecule has 98 valence electrons. The molecule has 0 aliphatic carbocycles. The summed E-state index contributed by atoms with van der Waals surface area (Å²) in [6, 6.07) is 4.31. The molecule has 1 fully saturated rings. The summed E-state index contributed by atoms with van der Waals surface area (Å²) in [6.07, 6.45) is 0.166. The Labute approximate surface area is 111 Å². The van der Waals surface area contributed by atoms with Crippen LogP contribution in [-0.4, -0.2) is 26.9 Å². The SMILES string of the molecule is Cc1c(Cl)cccc1S(=O)(=O)N[C@H]1CNC(=O)C1. The maximum atomic E-state index is 12.2. The maximum absolute atomic E-state index is 12.2. The van der Waals surface area contributed by atoms with Crippen LogP contribution in [0.15, 0.2) is 23.1 Å². The van der Waals surface area contributed by atoms with Crippen LogP contribution in [0.1, 0.15) is 12.0 Å². The van der Waals surface area contributed by atoms with Gasteiger partial charge in [0.15, 0.2) is 0 Å². The number of carbonyl (C=O) groups excluding carboxylic acids is 1. The van der Waals surface area contributed by atoms with Gasteiger partial charge < -0.3 is 5.32 Å². The highest BCUT2D eigenvalue weighted by Crippen LogP contribution is 2.23. The third-order valence-electron chi connectivity index (χ3n) is 2.81. The van der Waals surface area contributed by atoms with Gasteiger partial charge in [0.05, 0.1) is 4.90 Å². The van der Waals surface area contributed by atoms with E-state index in [1.165, 1.54) is 6.07 Å². The molecule has 1 amide bonds. The number of benzene rings is 1. The van der Waals surface area contributed by atoms with Gasteiger partial charge in [-0.1, -0.05) is 17.7 Å². The molecule has 2 rings (SSSR count). The number of hydrogen-bond acceptors (Lipinski definition) is 3. The highest BCUT2D eigenvalue weighted by atomic mass is 35.5. The highest BCUT2D eigenvalue weighted by molar-refractivity contribution is 7.89. The number of hydrogen-bond donors (Lipinski definition) is 2. The van der Waals surface area contributed by atoms with Crippen molar-refractivity contribution in [2.45, 2.75) is 24.3 Å². The van der Waals surface area contributed by atoms with Gasteiger partial charge in [0.1, 0.15) is 0 Å². The molecule has 0 unspecified atom stereocenters. The summed E-state index contributed by atoms with van der Waals surface area (Å²) in [5.41, 5.74) is 0.504. The van der Waals surface area contributed by atoms with Crippen molar-refractivity contribution in [2.24, 2.45) is 0 Å². The first kappa shape index (κ1) is 13.3. The Balaban J connectivity index is 2.26. The van der Waals surface area contributed by atoms with Crippen LogP contribution >= 0.6 is 11.6 Å². The standard InChI is InChI=1S/C11H13ClN2O3S/c1-7-9(12)3-2-4-10(7)18(16,17)14-8-5-11(15)13-6-8/h2-4,8,14H,5-6H2,1H3,(H,13,15)/t8-/m1/s1. The normalized spacial score (nSPS) is 19.9. The molecule has 0 bridgehead atoms. The molecule has 0 radical (unpaired) electrons. The van der Waals surface area contributed by atoms with Gasteiger partial charge in [0.25, 0.3) is 0 Å². The van der Waals surface area contributed by atoms with E-state index in [1.807, 2.05) is 0 Å². The maximum Gasteiger partial charge on any atom is 0.241 e. The summed E-state index contributed by atoms with van der Waals surface area (Å²) in [7, 11) is -3.65. The molecule has 1 atom stereocenters. The van der Waals surface area contributed by atoms with Crippen molar-refractivity contribution in [2.75, 3.05) is 6.54 Å². The number of sulfonamides is 1. The summed E-state index contributed by atoms with van der Waals surface area (Å²) < 4.78 is 26.8. The molecule has 1 aliphatic rings. The van der Waals surface area contributed by atoms with Crippen molar-refractivity contribution in [3.63, 3.8) is 0 Å². The fourth-order valence-electron chi connectivity index (χ4n) is 1.85. The first-order valence-electron chi connectivity index (χ1n) is 5.44. The second-order valence-electron chi connectivity index (χ2n) is 4.19. The third kappa shape index (κ3) is 2.66. The zero-order valence-corrected chi connectivity index (χ0v) is 11.3. The summed E-state index contributed by atoms with van der Waals surface area (Å²) in [4.78, 5) is 11.2. The largest absolute Gasteiger partial charge is 0.354 e. The van der Waals surface area contributed by atoms with Crippen LogP contribution in [0.25, 0.3) is 0 Å². The number of carbonyl (C=O) groups is 1. The number of amides is 1. The molecule has 1 heterocycles. The Bertz CT molecular complexity index is 586. The minimum atomic E-state index is -3.65. The van der Waals surface area contributed by atoms with E-state index < -0.39 is 16.1 Å². The summed E-state index contributed by atoms with van der Waals surface area (Å²) in [5.74, 6) is -0.148. The lowest BCUT2D eigenvalue weighted by atomic mass is 10.2. The van der Waals surface area contributed by atoms with Crippen LogP contribution in [0.5, 0.6) is 0 Å². The number of nitrogens with one attached hydrogen (secondary N) is 2. The van der Waals surface area contributed by atoms with Crippen LogP contribution in [0.4, 0.5) is 0 Å². The lowest BCUT2D eigenvalue weighted by Crippen LogP contribution is -2.36. The predicted octanol–water partition coefficient (Wildman–Crippen LogP) is 0.815. The smallest absolute Gasteiger partial charge is 0.241 e. The van der Waals surface area contributed by atoms with Crippen LogP contribution in [-0.2, 0) is 14.8 Å². The zero-order chi connectivity index (χ0) is 13.3. The molecule has 2 N–H and O–H groups in total. The van der Waals surface area contributed by atoms with E-state index in [0.717, 1.165) is 0 Å². The number of rotatable bonds is 3. The van der Waals surface area contributed by atoms with Crippen molar-refractivity contribution < 1.29 is 13.2 Å². The zero-order valence-electron chi connectivity index (χ0n) is 9.73. The van der Waals surface area contributed by atoms with Gasteiger partial charge in [-0.05, 0) is 24.6 Å². The molecule has 1 aromatic carbocycles. The summed E-state index contributed by atoms with van der Waals surface area (Å²) >= 11 is 5.90. The summed E-state index contributed by atoms with van der Waals surface area (Å²) in [6.45, 7) is 1.96. The monoisotopic (exact) mass is 288 g/mol. The topological polar surface area (TPSA) is 75.3 Å². The lowest BCUT2D eigenvalue weighted by Gasteiger charge is -2.13. The van der Waals surface area contributed by atoms with E-state index >= 15 is 0 Å². The Hall–Kier alpha value is -1.11. The average Bonchev–Trinajstić information content (AvgIpc) is 2.67. The van der Waals surface area contributed by atoms with Crippen LogP contribution in [0.3, 0.4) is 0 Å². The van der Waals surface area contributed by atoms with Crippen LogP contribution in [0, 0.1) is 6.92 Å². The van der Waals surface area contributed by atoms with E-state index in [-0.39, 0.29) is 17.2 Å². The molecule has 1 saturated heterocycles. The van der Waals surface area contributed by atoms with Gasteiger partial charge in [-0.15, -0.1) is 0 Å². The van der Waals surface area contributed by atoms with Crippen molar-refractivity contribution in [1.29, 1.82) is 0 Å². The quantitative estimate of drug-likeness (QED) is 0.864. The average molecular weight is 289 g/mol. The van der Waals surface area contributed by atoms with Crippen molar-refractivity contribution in [3.05, 3.63) is 28.8 Å². The fraction of sp³-hybridized carbons (Fsp3) is 0.364. The van der Waals surface area contributed by atoms with Gasteiger partial charge in [0, 0.05) is 24.0 Å². The predicted molar refractivity (Wildman–Crippen MR) is 67.9 cm³/mol. The fourth-order valence-corrected chi connectivity index (χ4v) is 3.58. The molecule has 18 heavy (non-hydrogen) atoms. The van der Waals surface area contributed by atoms with E-state index in [2.05, 4.69) is 10.0 Å². The second kappa shape index (κ2) is 4.87. The first-order chi connectivity index (χ1) is 8.40. The van der Waals surface area contributed by atoms with E-state index in [1.54, 1.807) is 19.1 Å². The molecule has 7 heteroatoms. The van der Waals surface area contributed by atoms with Crippen LogP contribution in [0.2, 0.25) is 5.02 Å². The number of halogens is 1. The summed E-state index contributed by atoms with van der Waals surface area (Å²) in [5, 5.41) is 2.98. The molecule has 0 saturated carbocycles. The van der Waals surface area contributed by atoms with Gasteiger partial charge in [-0.25, -0.2) is 13.1 Å². The molecule has 0 aromatic heterocycles. The minimum absolute atomic E-state index is 0.148. The third-order valence-corrected chi connectivity index (χ3v) is 4.88. The molecule has 0 spiro atoms.